The Morgan fingerprint density at radius 3 is 2.86 bits per heavy atom. The molecule has 1 atom stereocenters. The Bertz CT molecular complexity index is 448. The molecule has 5 nitrogen and oxygen atoms in total. The van der Waals surface area contributed by atoms with Crippen LogP contribution >= 0.6 is 0 Å². The van der Waals surface area contributed by atoms with Gasteiger partial charge in [0.2, 0.25) is 11.8 Å². The Kier molecular flexibility index (Phi) is 4.91. The molecular weight excluding hydrogens is 264 g/mol. The minimum atomic E-state index is 0.452. The van der Waals surface area contributed by atoms with Gasteiger partial charge in [-0.15, -0.1) is 0 Å². The lowest BCUT2D eigenvalue weighted by atomic mass is 9.92. The maximum absolute atomic E-state index is 5.16. The van der Waals surface area contributed by atoms with Crippen LogP contribution in [0.2, 0.25) is 0 Å². The Morgan fingerprint density at radius 1 is 1.19 bits per heavy atom. The van der Waals surface area contributed by atoms with Crippen LogP contribution in [0.3, 0.4) is 0 Å². The minimum Gasteiger partial charge on any atom is -0.481 e. The summed E-state index contributed by atoms with van der Waals surface area (Å²) < 4.78 is 5.16. The monoisotopic (exact) mass is 290 g/mol. The summed E-state index contributed by atoms with van der Waals surface area (Å²) in [5.41, 5.74) is 0. The van der Waals surface area contributed by atoms with Crippen LogP contribution in [0.1, 0.15) is 44.9 Å². The second kappa shape index (κ2) is 7.07. The first kappa shape index (κ1) is 14.6. The van der Waals surface area contributed by atoms with Gasteiger partial charge in [0.05, 0.1) is 7.11 Å². The molecule has 0 radical (unpaired) electrons. The topological polar surface area (TPSA) is 50.3 Å². The molecule has 1 N–H and O–H groups in total. The summed E-state index contributed by atoms with van der Waals surface area (Å²) in [6.45, 7) is 2.37. The zero-order valence-corrected chi connectivity index (χ0v) is 12.9. The summed E-state index contributed by atoms with van der Waals surface area (Å²) in [7, 11) is 1.64. The predicted molar refractivity (Wildman–Crippen MR) is 83.7 cm³/mol. The molecule has 0 aromatic carbocycles. The molecule has 2 heterocycles. The van der Waals surface area contributed by atoms with E-state index in [1.165, 1.54) is 51.5 Å². The van der Waals surface area contributed by atoms with Gasteiger partial charge in [-0.3, -0.25) is 4.90 Å². The van der Waals surface area contributed by atoms with Crippen LogP contribution in [-0.2, 0) is 0 Å². The highest BCUT2D eigenvalue weighted by molar-refractivity contribution is 5.29. The number of nitrogens with zero attached hydrogens (tertiary/aromatic N) is 3. The number of piperidine rings is 1. The second-order valence-electron chi connectivity index (χ2n) is 6.19. The van der Waals surface area contributed by atoms with Crippen molar-refractivity contribution in [3.8, 4) is 5.88 Å². The van der Waals surface area contributed by atoms with E-state index in [0.29, 0.717) is 17.9 Å². The molecule has 2 fully saturated rings. The molecule has 0 bridgehead atoms. The van der Waals surface area contributed by atoms with Gasteiger partial charge >= 0.3 is 0 Å². The van der Waals surface area contributed by atoms with Crippen molar-refractivity contribution in [1.82, 2.24) is 14.9 Å². The summed E-state index contributed by atoms with van der Waals surface area (Å²) in [6.07, 6.45) is 11.2. The summed E-state index contributed by atoms with van der Waals surface area (Å²) in [5, 5.41) is 3.48. The fourth-order valence-corrected chi connectivity index (χ4v) is 3.61. The molecule has 1 aliphatic carbocycles. The average molecular weight is 290 g/mol. The first-order valence-electron chi connectivity index (χ1n) is 8.23. The number of likely N-dealkylation sites (tertiary alicyclic amines) is 1. The fourth-order valence-electron chi connectivity index (χ4n) is 3.61. The number of ether oxygens (including phenoxy) is 1. The Labute approximate surface area is 127 Å². The van der Waals surface area contributed by atoms with Gasteiger partial charge in [-0.25, -0.2) is 4.98 Å². The predicted octanol–water partition coefficient (Wildman–Crippen LogP) is 2.69. The number of nitrogens with one attached hydrogen (secondary N) is 1. The van der Waals surface area contributed by atoms with E-state index in [-0.39, 0.29) is 0 Å². The Morgan fingerprint density at radius 2 is 2.05 bits per heavy atom. The van der Waals surface area contributed by atoms with Crippen LogP contribution in [0.15, 0.2) is 12.3 Å². The van der Waals surface area contributed by atoms with Gasteiger partial charge in [-0.1, -0.05) is 19.3 Å². The SMILES string of the molecule is COc1ccnc(NC2CCCN(C3CCCCC3)C2)n1. The van der Waals surface area contributed by atoms with Crippen molar-refractivity contribution in [3.05, 3.63) is 12.3 Å². The molecule has 1 aromatic rings. The van der Waals surface area contributed by atoms with Gasteiger partial charge in [-0.2, -0.15) is 4.98 Å². The molecule has 5 heteroatoms. The number of hydrogen-bond acceptors (Lipinski definition) is 5. The summed E-state index contributed by atoms with van der Waals surface area (Å²) in [5.74, 6) is 1.30. The van der Waals surface area contributed by atoms with Crippen molar-refractivity contribution >= 4 is 5.95 Å². The molecule has 1 aromatic heterocycles. The molecule has 116 valence electrons. The van der Waals surface area contributed by atoms with Crippen molar-refractivity contribution in [2.75, 3.05) is 25.5 Å². The largest absolute Gasteiger partial charge is 0.481 e. The van der Waals surface area contributed by atoms with Crippen molar-refractivity contribution < 1.29 is 4.74 Å². The molecular formula is C16H26N4O. The third-order valence-electron chi connectivity index (χ3n) is 4.72. The van der Waals surface area contributed by atoms with Gasteiger partial charge in [-0.05, 0) is 32.2 Å². The molecule has 0 amide bonds. The van der Waals surface area contributed by atoms with E-state index in [2.05, 4.69) is 20.2 Å². The number of hydrogen-bond donors (Lipinski definition) is 1. The van der Waals surface area contributed by atoms with Gasteiger partial charge in [0.25, 0.3) is 0 Å². The van der Waals surface area contributed by atoms with Crippen molar-refractivity contribution in [2.24, 2.45) is 0 Å². The summed E-state index contributed by atoms with van der Waals surface area (Å²) >= 11 is 0. The normalized spacial score (nSPS) is 24.7. The van der Waals surface area contributed by atoms with E-state index < -0.39 is 0 Å². The van der Waals surface area contributed by atoms with Gasteiger partial charge < -0.3 is 10.1 Å². The lowest BCUT2D eigenvalue weighted by molar-refractivity contribution is 0.124. The van der Waals surface area contributed by atoms with Crippen LogP contribution in [0.25, 0.3) is 0 Å². The highest BCUT2D eigenvalue weighted by Gasteiger charge is 2.27. The highest BCUT2D eigenvalue weighted by atomic mass is 16.5. The fraction of sp³-hybridized carbons (Fsp3) is 0.750. The van der Waals surface area contributed by atoms with E-state index in [1.54, 1.807) is 19.4 Å². The lowest BCUT2D eigenvalue weighted by Crippen LogP contribution is -2.47. The highest BCUT2D eigenvalue weighted by Crippen LogP contribution is 2.26. The summed E-state index contributed by atoms with van der Waals surface area (Å²) in [6, 6.07) is 3.03. The third-order valence-corrected chi connectivity index (χ3v) is 4.72. The molecule has 1 aliphatic heterocycles. The van der Waals surface area contributed by atoms with Crippen LogP contribution < -0.4 is 10.1 Å². The number of aromatic nitrogens is 2. The lowest BCUT2D eigenvalue weighted by Gasteiger charge is -2.40. The zero-order valence-electron chi connectivity index (χ0n) is 12.9. The molecule has 1 saturated heterocycles. The summed E-state index contributed by atoms with van der Waals surface area (Å²) in [4.78, 5) is 11.3. The van der Waals surface area contributed by atoms with Crippen molar-refractivity contribution in [3.63, 3.8) is 0 Å². The molecule has 3 rings (SSSR count). The standard InChI is InChI=1S/C16H26N4O/c1-21-15-9-10-17-16(19-15)18-13-6-5-11-20(12-13)14-7-3-2-4-8-14/h9-10,13-14H,2-8,11-12H2,1H3,(H,17,18,19). The van der Waals surface area contributed by atoms with Gasteiger partial charge in [0, 0.05) is 30.9 Å². The minimum absolute atomic E-state index is 0.452. The van der Waals surface area contributed by atoms with Crippen molar-refractivity contribution in [2.45, 2.75) is 57.0 Å². The van der Waals surface area contributed by atoms with E-state index in [0.717, 1.165) is 12.6 Å². The second-order valence-corrected chi connectivity index (χ2v) is 6.19. The number of methoxy groups -OCH3 is 1. The van der Waals surface area contributed by atoms with Crippen LogP contribution in [0.5, 0.6) is 5.88 Å². The smallest absolute Gasteiger partial charge is 0.226 e. The first-order valence-corrected chi connectivity index (χ1v) is 8.23. The van der Waals surface area contributed by atoms with E-state index in [9.17, 15) is 0 Å². The molecule has 0 spiro atoms. The van der Waals surface area contributed by atoms with E-state index >= 15 is 0 Å². The zero-order chi connectivity index (χ0) is 14.5. The average Bonchev–Trinajstić information content (AvgIpc) is 2.56. The van der Waals surface area contributed by atoms with Crippen LogP contribution in [0.4, 0.5) is 5.95 Å². The molecule has 2 aliphatic rings. The van der Waals surface area contributed by atoms with E-state index in [1.807, 2.05) is 0 Å². The maximum Gasteiger partial charge on any atom is 0.226 e. The van der Waals surface area contributed by atoms with Crippen LogP contribution in [0, 0.1) is 0 Å². The van der Waals surface area contributed by atoms with Gasteiger partial charge in [0.1, 0.15) is 0 Å². The van der Waals surface area contributed by atoms with Crippen LogP contribution in [-0.4, -0.2) is 47.2 Å². The first-order chi connectivity index (χ1) is 10.3. The molecule has 1 saturated carbocycles. The Hall–Kier alpha value is -1.36. The quantitative estimate of drug-likeness (QED) is 0.924. The number of anilines is 1. The maximum atomic E-state index is 5.16. The van der Waals surface area contributed by atoms with Gasteiger partial charge in [0.15, 0.2) is 0 Å². The molecule has 21 heavy (non-hydrogen) atoms. The Balaban J connectivity index is 1.57. The third kappa shape index (κ3) is 3.84. The van der Waals surface area contributed by atoms with E-state index in [4.69, 9.17) is 4.74 Å². The number of rotatable bonds is 4. The molecule has 1 unspecified atom stereocenters. The van der Waals surface area contributed by atoms with Crippen molar-refractivity contribution in [1.29, 1.82) is 0 Å².